The molecule has 3 aliphatic carbocycles. The Morgan fingerprint density at radius 2 is 1.47 bits per heavy atom. The number of nitrogens with one attached hydrogen (secondary N) is 1. The first-order valence-corrected chi connectivity index (χ1v) is 11.5. The van der Waals surface area contributed by atoms with Crippen LogP contribution in [-0.2, 0) is 0 Å². The predicted molar refractivity (Wildman–Crippen MR) is 127 cm³/mol. The van der Waals surface area contributed by atoms with E-state index < -0.39 is 0 Å². The zero-order chi connectivity index (χ0) is 20.6. The Labute approximate surface area is 184 Å². The molecule has 2 aromatic carbocycles. The van der Waals surface area contributed by atoms with Crippen molar-refractivity contribution in [3.63, 3.8) is 0 Å². The number of benzene rings is 2. The normalized spacial score (nSPS) is 32.4. The zero-order valence-electron chi connectivity index (χ0n) is 17.3. The van der Waals surface area contributed by atoms with Gasteiger partial charge in [-0.3, -0.25) is 10.3 Å². The molecule has 156 valence electrons. The highest BCUT2D eigenvalue weighted by Gasteiger charge is 2.57. The summed E-state index contributed by atoms with van der Waals surface area (Å²) in [5, 5.41) is 5.05. The van der Waals surface area contributed by atoms with Crippen molar-refractivity contribution in [3.05, 3.63) is 71.8 Å². The number of thiocarbonyl (C=S) groups is 1. The molecule has 3 saturated carbocycles. The Morgan fingerprint density at radius 1 is 0.933 bits per heavy atom. The minimum atomic E-state index is 0.156. The second kappa shape index (κ2) is 8.12. The van der Waals surface area contributed by atoms with E-state index in [4.69, 9.17) is 23.1 Å². The van der Waals surface area contributed by atoms with Crippen LogP contribution in [0.25, 0.3) is 0 Å². The number of nitrogens with two attached hydrogens (primary N) is 1. The van der Waals surface area contributed by atoms with Crippen molar-refractivity contribution >= 4 is 23.0 Å². The molecule has 0 spiro atoms. The Bertz CT molecular complexity index is 871. The van der Waals surface area contributed by atoms with Crippen molar-refractivity contribution in [2.75, 3.05) is 13.1 Å². The number of hydrogen-bond donors (Lipinski definition) is 2. The van der Waals surface area contributed by atoms with Crippen LogP contribution in [-0.4, -0.2) is 34.4 Å². The maximum Gasteiger partial charge on any atom is 0.184 e. The molecule has 2 atom stereocenters. The highest BCUT2D eigenvalue weighted by molar-refractivity contribution is 7.80. The number of hydrazone groups is 1. The summed E-state index contributed by atoms with van der Waals surface area (Å²) >= 11 is 5.08. The van der Waals surface area contributed by atoms with E-state index >= 15 is 0 Å². The number of nitrogens with zero attached hydrogens (tertiary/aromatic N) is 2. The summed E-state index contributed by atoms with van der Waals surface area (Å²) in [5.41, 5.74) is 12.9. The van der Waals surface area contributed by atoms with Crippen molar-refractivity contribution in [1.82, 2.24) is 10.3 Å². The Morgan fingerprint density at radius 3 is 1.97 bits per heavy atom. The molecule has 0 aromatic heterocycles. The summed E-state index contributed by atoms with van der Waals surface area (Å²) in [5.74, 6) is 1.26. The Balaban J connectivity index is 1.64. The molecule has 2 bridgehead atoms. The lowest BCUT2D eigenvalue weighted by Gasteiger charge is -2.59. The van der Waals surface area contributed by atoms with E-state index in [-0.39, 0.29) is 10.7 Å². The highest BCUT2D eigenvalue weighted by atomic mass is 32.1. The number of fused-ring (bicyclic) bond motifs is 3. The van der Waals surface area contributed by atoms with Crippen LogP contribution < -0.4 is 11.2 Å². The molecule has 0 radical (unpaired) electrons. The molecule has 2 aromatic rings. The SMILES string of the molecule is NC(=S)N/N=C1\CC2(N3CCCC3)C[C@@H](c3ccccc3)C1[C@H](c1ccccc1)C2. The lowest BCUT2D eigenvalue weighted by atomic mass is 9.52. The molecule has 30 heavy (non-hydrogen) atoms. The van der Waals surface area contributed by atoms with Gasteiger partial charge in [-0.25, -0.2) is 0 Å². The van der Waals surface area contributed by atoms with E-state index in [1.165, 1.54) is 55.6 Å². The summed E-state index contributed by atoms with van der Waals surface area (Å²) in [6, 6.07) is 22.1. The minimum Gasteiger partial charge on any atom is -0.375 e. The average molecular weight is 419 g/mol. The highest BCUT2D eigenvalue weighted by Crippen LogP contribution is 2.59. The van der Waals surface area contributed by atoms with Gasteiger partial charge < -0.3 is 5.73 Å². The van der Waals surface area contributed by atoms with E-state index in [0.29, 0.717) is 17.8 Å². The second-order valence-corrected chi connectivity index (χ2v) is 9.58. The van der Waals surface area contributed by atoms with Gasteiger partial charge in [0.2, 0.25) is 0 Å². The standard InChI is InChI=1S/C25H30N4S/c26-24(30)28-27-22-17-25(29-13-7-8-14-29)15-20(18-9-3-1-4-10-18)23(22)21(16-25)19-11-5-2-6-12-19/h1-6,9-12,20-21,23H,7-8,13-17H2,(H3,26,28,30)/b27-22+/t20-,21-,23?,25?/m0/s1. The third-order valence-corrected chi connectivity index (χ3v) is 7.60. The molecular formula is C25H30N4S. The van der Waals surface area contributed by atoms with E-state index in [2.05, 4.69) is 71.0 Å². The van der Waals surface area contributed by atoms with Gasteiger partial charge in [-0.05, 0) is 74.0 Å². The fraction of sp³-hybridized carbons (Fsp3) is 0.440. The van der Waals surface area contributed by atoms with Crippen LogP contribution in [0.2, 0.25) is 0 Å². The smallest absolute Gasteiger partial charge is 0.184 e. The second-order valence-electron chi connectivity index (χ2n) is 9.14. The van der Waals surface area contributed by atoms with Crippen LogP contribution in [0.4, 0.5) is 0 Å². The number of likely N-dealkylation sites (tertiary alicyclic amines) is 1. The molecule has 1 heterocycles. The lowest BCUT2D eigenvalue weighted by molar-refractivity contribution is 0.0285. The lowest BCUT2D eigenvalue weighted by Crippen LogP contribution is -2.61. The Hall–Kier alpha value is -2.24. The molecule has 4 fully saturated rings. The third-order valence-electron chi connectivity index (χ3n) is 7.50. The van der Waals surface area contributed by atoms with Gasteiger partial charge in [-0.1, -0.05) is 60.7 Å². The quantitative estimate of drug-likeness (QED) is 0.571. The van der Waals surface area contributed by atoms with Gasteiger partial charge in [0.15, 0.2) is 5.11 Å². The zero-order valence-corrected chi connectivity index (χ0v) is 18.2. The molecule has 4 nitrogen and oxygen atoms in total. The van der Waals surface area contributed by atoms with Crippen LogP contribution >= 0.6 is 12.2 Å². The molecule has 5 heteroatoms. The Kier molecular flexibility index (Phi) is 5.34. The molecule has 1 saturated heterocycles. The first-order valence-electron chi connectivity index (χ1n) is 11.1. The van der Waals surface area contributed by atoms with Gasteiger partial charge in [0, 0.05) is 23.6 Å². The van der Waals surface area contributed by atoms with Gasteiger partial charge in [-0.2, -0.15) is 5.10 Å². The predicted octanol–water partition coefficient (Wildman–Crippen LogP) is 4.39. The fourth-order valence-corrected chi connectivity index (χ4v) is 6.40. The van der Waals surface area contributed by atoms with Gasteiger partial charge in [-0.15, -0.1) is 0 Å². The van der Waals surface area contributed by atoms with Crippen molar-refractivity contribution in [2.45, 2.75) is 49.5 Å². The summed E-state index contributed by atoms with van der Waals surface area (Å²) in [4.78, 5) is 2.77. The van der Waals surface area contributed by atoms with Crippen molar-refractivity contribution in [1.29, 1.82) is 0 Å². The van der Waals surface area contributed by atoms with Gasteiger partial charge in [0.05, 0.1) is 0 Å². The molecule has 1 aliphatic heterocycles. The van der Waals surface area contributed by atoms with Crippen LogP contribution in [0.5, 0.6) is 0 Å². The average Bonchev–Trinajstić information content (AvgIpc) is 3.35. The van der Waals surface area contributed by atoms with Crippen LogP contribution in [0.3, 0.4) is 0 Å². The largest absolute Gasteiger partial charge is 0.375 e. The monoisotopic (exact) mass is 418 g/mol. The molecule has 6 rings (SSSR count). The summed E-state index contributed by atoms with van der Waals surface area (Å²) in [6.45, 7) is 2.40. The molecular weight excluding hydrogens is 388 g/mol. The van der Waals surface area contributed by atoms with Crippen LogP contribution in [0.15, 0.2) is 65.8 Å². The number of hydrogen-bond acceptors (Lipinski definition) is 3. The van der Waals surface area contributed by atoms with Crippen molar-refractivity contribution < 1.29 is 0 Å². The summed E-state index contributed by atoms with van der Waals surface area (Å²) < 4.78 is 0. The number of rotatable bonds is 4. The van der Waals surface area contributed by atoms with Gasteiger partial charge >= 0.3 is 0 Å². The van der Waals surface area contributed by atoms with E-state index in [1.54, 1.807) is 0 Å². The van der Waals surface area contributed by atoms with Gasteiger partial charge in [0.1, 0.15) is 0 Å². The first kappa shape index (κ1) is 19.7. The maximum atomic E-state index is 5.76. The topological polar surface area (TPSA) is 53.6 Å². The van der Waals surface area contributed by atoms with Crippen molar-refractivity contribution in [3.8, 4) is 0 Å². The van der Waals surface area contributed by atoms with Crippen molar-refractivity contribution in [2.24, 2.45) is 16.8 Å². The van der Waals surface area contributed by atoms with E-state index in [0.717, 1.165) is 6.42 Å². The van der Waals surface area contributed by atoms with Crippen LogP contribution in [0.1, 0.15) is 55.1 Å². The summed E-state index contributed by atoms with van der Waals surface area (Å²) in [6.07, 6.45) is 6.03. The molecule has 0 unspecified atom stereocenters. The van der Waals surface area contributed by atoms with E-state index in [9.17, 15) is 0 Å². The van der Waals surface area contributed by atoms with Crippen LogP contribution in [0, 0.1) is 5.92 Å². The third kappa shape index (κ3) is 3.54. The molecule has 0 amide bonds. The first-order chi connectivity index (χ1) is 14.7. The molecule has 4 aliphatic rings. The fourth-order valence-electron chi connectivity index (χ4n) is 6.35. The maximum absolute atomic E-state index is 5.76. The molecule has 3 N–H and O–H groups in total. The summed E-state index contributed by atoms with van der Waals surface area (Å²) in [7, 11) is 0. The minimum absolute atomic E-state index is 0.156. The van der Waals surface area contributed by atoms with Gasteiger partial charge in [0.25, 0.3) is 0 Å². The van der Waals surface area contributed by atoms with E-state index in [1.807, 2.05) is 0 Å².